The van der Waals surface area contributed by atoms with Crippen molar-refractivity contribution in [3.05, 3.63) is 29.8 Å². The number of carbonyl (C=O) groups excluding carboxylic acids is 1. The summed E-state index contributed by atoms with van der Waals surface area (Å²) < 4.78 is 0. The first kappa shape index (κ1) is 14.2. The molecule has 1 heterocycles. The van der Waals surface area contributed by atoms with E-state index in [0.29, 0.717) is 18.7 Å². The number of amides is 1. The number of aliphatic hydroxyl groups excluding tert-OH is 1. The van der Waals surface area contributed by atoms with Crippen molar-refractivity contribution in [1.29, 1.82) is 0 Å². The lowest BCUT2D eigenvalue weighted by Gasteiger charge is -2.35. The molecule has 6 heteroatoms. The predicted octanol–water partition coefficient (Wildman–Crippen LogP) is 0.740. The Morgan fingerprint density at radius 1 is 1.37 bits per heavy atom. The number of para-hydroxylation sites is 1. The topological polar surface area (TPSA) is 64.6 Å². The maximum Gasteiger partial charge on any atom is 0.258 e. The van der Waals surface area contributed by atoms with E-state index in [1.807, 2.05) is 24.3 Å². The van der Waals surface area contributed by atoms with E-state index < -0.39 is 0 Å². The Balaban J connectivity index is 1.93. The second kappa shape index (κ2) is 6.79. The molecule has 3 N–H and O–H groups in total. The van der Waals surface area contributed by atoms with E-state index in [9.17, 15) is 4.79 Å². The Kier molecular flexibility index (Phi) is 5.07. The van der Waals surface area contributed by atoms with Crippen LogP contribution in [-0.2, 0) is 0 Å². The molecule has 1 atom stereocenters. The largest absolute Gasteiger partial charge is 0.395 e. The zero-order valence-corrected chi connectivity index (χ0v) is 11.6. The molecule has 0 bridgehead atoms. The molecule has 2 rings (SSSR count). The first-order valence-corrected chi connectivity index (χ1v) is 6.92. The molecule has 0 aromatic heterocycles. The highest BCUT2D eigenvalue weighted by atomic mass is 32.1. The van der Waals surface area contributed by atoms with Gasteiger partial charge in [0.15, 0.2) is 0 Å². The lowest BCUT2D eigenvalue weighted by Crippen LogP contribution is -2.46. The van der Waals surface area contributed by atoms with Crippen molar-refractivity contribution in [3.63, 3.8) is 0 Å². The molecule has 0 saturated heterocycles. The molecule has 1 unspecified atom stereocenters. The third-order valence-corrected chi connectivity index (χ3v) is 3.45. The van der Waals surface area contributed by atoms with E-state index in [-0.39, 0.29) is 18.0 Å². The second-order valence-electron chi connectivity index (χ2n) is 4.39. The normalized spacial score (nSPS) is 18.1. The van der Waals surface area contributed by atoms with Crippen LogP contribution < -0.4 is 10.6 Å². The van der Waals surface area contributed by atoms with Gasteiger partial charge in [0.1, 0.15) is 5.50 Å². The molecule has 0 radical (unpaired) electrons. The molecule has 1 aliphatic heterocycles. The van der Waals surface area contributed by atoms with Crippen LogP contribution in [0.25, 0.3) is 0 Å². The molecule has 0 fully saturated rings. The standard InChI is InChI=1S/C13H19N3O2S/c17-9-7-14-6-3-8-16-12(18)10-4-1-2-5-11(10)15-13(16)19/h1-2,4-5,13-15,17,19H,3,6-9H2. The summed E-state index contributed by atoms with van der Waals surface area (Å²) in [5.74, 6) is 0.0107. The Bertz CT molecular complexity index is 442. The van der Waals surface area contributed by atoms with E-state index in [0.717, 1.165) is 18.7 Å². The third-order valence-electron chi connectivity index (χ3n) is 3.04. The van der Waals surface area contributed by atoms with Crippen LogP contribution in [-0.4, -0.2) is 47.7 Å². The van der Waals surface area contributed by atoms with E-state index in [4.69, 9.17) is 5.11 Å². The molecule has 104 valence electrons. The summed E-state index contributed by atoms with van der Waals surface area (Å²) in [4.78, 5) is 14.0. The van der Waals surface area contributed by atoms with Gasteiger partial charge in [-0.2, -0.15) is 0 Å². The second-order valence-corrected chi connectivity index (χ2v) is 4.88. The van der Waals surface area contributed by atoms with Crippen LogP contribution in [0.2, 0.25) is 0 Å². The monoisotopic (exact) mass is 281 g/mol. The number of thiol groups is 1. The molecule has 1 amide bonds. The summed E-state index contributed by atoms with van der Waals surface area (Å²) >= 11 is 4.42. The summed E-state index contributed by atoms with van der Waals surface area (Å²) in [5, 5.41) is 14.9. The van der Waals surface area contributed by atoms with Gasteiger partial charge in [0.05, 0.1) is 12.2 Å². The van der Waals surface area contributed by atoms with Crippen molar-refractivity contribution in [2.75, 3.05) is 31.6 Å². The number of rotatable bonds is 6. The minimum atomic E-state index is -0.291. The fraction of sp³-hybridized carbons (Fsp3) is 0.462. The molecule has 1 aromatic rings. The number of nitrogens with one attached hydrogen (secondary N) is 2. The zero-order valence-electron chi connectivity index (χ0n) is 10.7. The highest BCUT2D eigenvalue weighted by Gasteiger charge is 2.28. The van der Waals surface area contributed by atoms with Gasteiger partial charge in [-0.1, -0.05) is 12.1 Å². The van der Waals surface area contributed by atoms with Crippen LogP contribution in [0.1, 0.15) is 16.8 Å². The van der Waals surface area contributed by atoms with Crippen molar-refractivity contribution in [2.45, 2.75) is 11.9 Å². The van der Waals surface area contributed by atoms with Gasteiger partial charge in [-0.15, -0.1) is 12.6 Å². The van der Waals surface area contributed by atoms with E-state index >= 15 is 0 Å². The number of nitrogens with zero attached hydrogens (tertiary/aromatic N) is 1. The van der Waals surface area contributed by atoms with Gasteiger partial charge < -0.3 is 20.6 Å². The minimum absolute atomic E-state index is 0.0107. The molecule has 1 aromatic carbocycles. The van der Waals surface area contributed by atoms with E-state index in [1.54, 1.807) is 4.90 Å². The Morgan fingerprint density at radius 2 is 2.16 bits per heavy atom. The minimum Gasteiger partial charge on any atom is -0.395 e. The van der Waals surface area contributed by atoms with Gasteiger partial charge in [0.25, 0.3) is 5.91 Å². The SMILES string of the molecule is O=C1c2ccccc2NC(S)N1CCCNCCO. The van der Waals surface area contributed by atoms with Crippen molar-refractivity contribution in [1.82, 2.24) is 10.2 Å². The number of carbonyl (C=O) groups is 1. The van der Waals surface area contributed by atoms with Gasteiger partial charge >= 0.3 is 0 Å². The number of anilines is 1. The van der Waals surface area contributed by atoms with Gasteiger partial charge in [0, 0.05) is 18.8 Å². The number of hydrogen-bond donors (Lipinski definition) is 4. The first-order valence-electron chi connectivity index (χ1n) is 6.40. The summed E-state index contributed by atoms with van der Waals surface area (Å²) in [6.07, 6.45) is 0.826. The van der Waals surface area contributed by atoms with Crippen molar-refractivity contribution < 1.29 is 9.90 Å². The van der Waals surface area contributed by atoms with Gasteiger partial charge in [0.2, 0.25) is 0 Å². The van der Waals surface area contributed by atoms with Crippen LogP contribution in [0.5, 0.6) is 0 Å². The van der Waals surface area contributed by atoms with Crippen LogP contribution in [0.3, 0.4) is 0 Å². The Labute approximate surface area is 118 Å². The Morgan fingerprint density at radius 3 is 2.95 bits per heavy atom. The molecule has 0 aliphatic carbocycles. The average Bonchev–Trinajstić information content (AvgIpc) is 2.42. The van der Waals surface area contributed by atoms with Crippen molar-refractivity contribution in [2.24, 2.45) is 0 Å². The fourth-order valence-corrected chi connectivity index (χ4v) is 2.44. The highest BCUT2D eigenvalue weighted by Crippen LogP contribution is 2.26. The quantitative estimate of drug-likeness (QED) is 0.459. The highest BCUT2D eigenvalue weighted by molar-refractivity contribution is 7.81. The van der Waals surface area contributed by atoms with Crippen LogP contribution >= 0.6 is 12.6 Å². The molecule has 1 aliphatic rings. The predicted molar refractivity (Wildman–Crippen MR) is 78.4 cm³/mol. The zero-order chi connectivity index (χ0) is 13.7. The molecular formula is C13H19N3O2S. The molecule has 19 heavy (non-hydrogen) atoms. The Hall–Kier alpha value is -1.24. The summed E-state index contributed by atoms with van der Waals surface area (Å²) in [5.41, 5.74) is 1.23. The molecule has 5 nitrogen and oxygen atoms in total. The number of benzene rings is 1. The third kappa shape index (κ3) is 3.40. The van der Waals surface area contributed by atoms with Crippen LogP contribution in [0.15, 0.2) is 24.3 Å². The van der Waals surface area contributed by atoms with E-state index in [1.165, 1.54) is 0 Å². The van der Waals surface area contributed by atoms with E-state index in [2.05, 4.69) is 23.3 Å². The lowest BCUT2D eigenvalue weighted by atomic mass is 10.1. The lowest BCUT2D eigenvalue weighted by molar-refractivity contribution is 0.0739. The molecule has 0 spiro atoms. The van der Waals surface area contributed by atoms with Gasteiger partial charge in [-0.3, -0.25) is 4.79 Å². The summed E-state index contributed by atoms with van der Waals surface area (Å²) in [6, 6.07) is 7.46. The first-order chi connectivity index (χ1) is 9.24. The number of hydrogen-bond acceptors (Lipinski definition) is 5. The summed E-state index contributed by atoms with van der Waals surface area (Å²) in [6.45, 7) is 2.12. The fourth-order valence-electron chi connectivity index (χ4n) is 2.08. The smallest absolute Gasteiger partial charge is 0.258 e. The van der Waals surface area contributed by atoms with Crippen molar-refractivity contribution in [3.8, 4) is 0 Å². The summed E-state index contributed by atoms with van der Waals surface area (Å²) in [7, 11) is 0. The number of fused-ring (bicyclic) bond motifs is 1. The van der Waals surface area contributed by atoms with Crippen LogP contribution in [0, 0.1) is 0 Å². The molecule has 0 saturated carbocycles. The van der Waals surface area contributed by atoms with Crippen molar-refractivity contribution >= 4 is 24.2 Å². The molecular weight excluding hydrogens is 262 g/mol. The van der Waals surface area contributed by atoms with Gasteiger partial charge in [-0.25, -0.2) is 0 Å². The maximum atomic E-state index is 12.3. The average molecular weight is 281 g/mol. The van der Waals surface area contributed by atoms with Gasteiger partial charge in [-0.05, 0) is 25.1 Å². The van der Waals surface area contributed by atoms with Crippen LogP contribution in [0.4, 0.5) is 5.69 Å². The maximum absolute atomic E-state index is 12.3. The number of aliphatic hydroxyl groups is 1.